The summed E-state index contributed by atoms with van der Waals surface area (Å²) in [6, 6.07) is 1.60. The van der Waals surface area contributed by atoms with E-state index in [1.54, 1.807) is 13.0 Å². The predicted molar refractivity (Wildman–Crippen MR) is 68.6 cm³/mol. The molecule has 98 valence electrons. The van der Waals surface area contributed by atoms with Crippen LogP contribution < -0.4 is 4.74 Å². The van der Waals surface area contributed by atoms with Crippen LogP contribution in [-0.2, 0) is 10.2 Å². The normalized spacial score (nSPS) is 17.1. The second-order valence-corrected chi connectivity index (χ2v) is 5.49. The maximum atomic E-state index is 14.3. The van der Waals surface area contributed by atoms with Crippen molar-refractivity contribution >= 4 is 21.9 Å². The maximum absolute atomic E-state index is 14.3. The zero-order valence-corrected chi connectivity index (χ0v) is 11.8. The van der Waals surface area contributed by atoms with Crippen molar-refractivity contribution in [3.8, 4) is 5.75 Å². The zero-order chi connectivity index (χ0) is 13.5. The van der Waals surface area contributed by atoms with Crippen LogP contribution in [0.4, 0.5) is 4.39 Å². The summed E-state index contributed by atoms with van der Waals surface area (Å²) in [5, 5.41) is 9.43. The number of ether oxygens (including phenoxy) is 1. The van der Waals surface area contributed by atoms with Gasteiger partial charge in [-0.15, -0.1) is 0 Å². The van der Waals surface area contributed by atoms with Crippen LogP contribution in [0.15, 0.2) is 10.5 Å². The molecule has 1 aliphatic carbocycles. The molecule has 0 radical (unpaired) electrons. The average molecular weight is 317 g/mol. The van der Waals surface area contributed by atoms with Crippen molar-refractivity contribution in [3.05, 3.63) is 27.5 Å². The third-order valence-electron chi connectivity index (χ3n) is 3.66. The monoisotopic (exact) mass is 316 g/mol. The lowest BCUT2D eigenvalue weighted by Crippen LogP contribution is -2.43. The van der Waals surface area contributed by atoms with Crippen molar-refractivity contribution in [2.24, 2.45) is 0 Å². The Hall–Kier alpha value is -1.10. The minimum Gasteiger partial charge on any atom is -0.496 e. The van der Waals surface area contributed by atoms with Gasteiger partial charge in [0.25, 0.3) is 0 Å². The van der Waals surface area contributed by atoms with Gasteiger partial charge in [-0.2, -0.15) is 0 Å². The Morgan fingerprint density at radius 3 is 2.56 bits per heavy atom. The Morgan fingerprint density at radius 1 is 1.56 bits per heavy atom. The highest BCUT2D eigenvalue weighted by Gasteiger charge is 2.50. The molecule has 1 aromatic rings. The molecule has 1 aromatic carbocycles. The van der Waals surface area contributed by atoms with Crippen LogP contribution in [0.5, 0.6) is 5.75 Å². The molecule has 0 aliphatic heterocycles. The Balaban J connectivity index is 2.72. The molecule has 0 saturated heterocycles. The van der Waals surface area contributed by atoms with Gasteiger partial charge in [0.1, 0.15) is 11.6 Å². The number of aliphatic carboxylic acids is 1. The van der Waals surface area contributed by atoms with Crippen molar-refractivity contribution in [1.29, 1.82) is 0 Å². The quantitative estimate of drug-likeness (QED) is 0.929. The van der Waals surface area contributed by atoms with E-state index in [1.165, 1.54) is 7.11 Å². The lowest BCUT2D eigenvalue weighted by Gasteiger charge is -2.39. The van der Waals surface area contributed by atoms with E-state index in [-0.39, 0.29) is 10.0 Å². The third-order valence-corrected chi connectivity index (χ3v) is 4.23. The molecule has 0 spiro atoms. The molecule has 3 nitrogen and oxygen atoms in total. The zero-order valence-electron chi connectivity index (χ0n) is 10.2. The summed E-state index contributed by atoms with van der Waals surface area (Å²) in [6.45, 7) is 1.78. The Kier molecular flexibility index (Phi) is 3.36. The van der Waals surface area contributed by atoms with Crippen LogP contribution in [0.25, 0.3) is 0 Å². The fraction of sp³-hybridized carbons (Fsp3) is 0.462. The molecular weight excluding hydrogens is 303 g/mol. The summed E-state index contributed by atoms with van der Waals surface area (Å²) in [4.78, 5) is 11.5. The number of carboxylic acid groups (broad SMARTS) is 1. The molecule has 0 heterocycles. The molecule has 0 unspecified atom stereocenters. The van der Waals surface area contributed by atoms with Gasteiger partial charge in [0, 0.05) is 5.56 Å². The lowest BCUT2D eigenvalue weighted by atomic mass is 9.64. The molecule has 0 aromatic heterocycles. The standard InChI is InChI=1S/C13H14BrFO3/c1-7-6-8(14)10(15)9(11(7)18-2)13(12(16)17)4-3-5-13/h6H,3-5H2,1-2H3,(H,16,17). The Morgan fingerprint density at radius 2 is 2.17 bits per heavy atom. The third kappa shape index (κ3) is 1.72. The highest BCUT2D eigenvalue weighted by molar-refractivity contribution is 9.10. The second-order valence-electron chi connectivity index (χ2n) is 4.64. The molecule has 1 N–H and O–H groups in total. The minimum atomic E-state index is -1.13. The first-order chi connectivity index (χ1) is 8.44. The van der Waals surface area contributed by atoms with Gasteiger partial charge in [-0.05, 0) is 47.3 Å². The topological polar surface area (TPSA) is 46.5 Å². The molecule has 1 saturated carbocycles. The van der Waals surface area contributed by atoms with Gasteiger partial charge in [-0.25, -0.2) is 4.39 Å². The molecule has 5 heteroatoms. The fourth-order valence-corrected chi connectivity index (χ4v) is 3.07. The molecule has 0 atom stereocenters. The van der Waals surface area contributed by atoms with Crippen molar-refractivity contribution < 1.29 is 19.0 Å². The van der Waals surface area contributed by atoms with Gasteiger partial charge in [0.15, 0.2) is 0 Å². The van der Waals surface area contributed by atoms with Gasteiger partial charge < -0.3 is 9.84 Å². The van der Waals surface area contributed by atoms with Crippen LogP contribution in [0, 0.1) is 12.7 Å². The number of rotatable bonds is 3. The van der Waals surface area contributed by atoms with Crippen molar-refractivity contribution in [1.82, 2.24) is 0 Å². The largest absolute Gasteiger partial charge is 0.496 e. The number of carbonyl (C=O) groups is 1. The number of benzene rings is 1. The number of methoxy groups -OCH3 is 1. The first kappa shape index (κ1) is 13.3. The van der Waals surface area contributed by atoms with Crippen LogP contribution in [0.1, 0.15) is 30.4 Å². The number of hydrogen-bond acceptors (Lipinski definition) is 2. The maximum Gasteiger partial charge on any atom is 0.314 e. The summed E-state index contributed by atoms with van der Waals surface area (Å²) in [5.74, 6) is -1.17. The smallest absolute Gasteiger partial charge is 0.314 e. The predicted octanol–water partition coefficient (Wildman–Crippen LogP) is 3.41. The highest BCUT2D eigenvalue weighted by Crippen LogP contribution is 2.50. The van der Waals surface area contributed by atoms with E-state index in [1.807, 2.05) is 0 Å². The second kappa shape index (κ2) is 4.53. The summed E-state index contributed by atoms with van der Waals surface area (Å²) in [7, 11) is 1.44. The van der Waals surface area contributed by atoms with Gasteiger partial charge >= 0.3 is 5.97 Å². The summed E-state index contributed by atoms with van der Waals surface area (Å²) < 4.78 is 19.8. The van der Waals surface area contributed by atoms with E-state index in [0.29, 0.717) is 18.6 Å². The van der Waals surface area contributed by atoms with Crippen LogP contribution in [0.2, 0.25) is 0 Å². The Bertz CT molecular complexity index is 509. The van der Waals surface area contributed by atoms with Crippen molar-refractivity contribution in [2.45, 2.75) is 31.6 Å². The SMILES string of the molecule is COc1c(C)cc(Br)c(F)c1C1(C(=O)O)CCC1. The van der Waals surface area contributed by atoms with E-state index < -0.39 is 17.2 Å². The van der Waals surface area contributed by atoms with E-state index in [0.717, 1.165) is 12.0 Å². The van der Waals surface area contributed by atoms with Crippen LogP contribution in [0.3, 0.4) is 0 Å². The van der Waals surface area contributed by atoms with E-state index in [9.17, 15) is 14.3 Å². The van der Waals surface area contributed by atoms with Crippen molar-refractivity contribution in [3.63, 3.8) is 0 Å². The molecule has 1 aliphatic rings. The lowest BCUT2D eigenvalue weighted by molar-refractivity contribution is -0.147. The average Bonchev–Trinajstić information content (AvgIpc) is 2.23. The van der Waals surface area contributed by atoms with E-state index in [2.05, 4.69) is 15.9 Å². The first-order valence-electron chi connectivity index (χ1n) is 5.70. The number of aryl methyl sites for hydroxylation is 1. The summed E-state index contributed by atoms with van der Waals surface area (Å²) >= 11 is 3.13. The van der Waals surface area contributed by atoms with Gasteiger partial charge in [0.2, 0.25) is 0 Å². The molecule has 2 rings (SSSR count). The molecule has 0 amide bonds. The molecule has 0 bridgehead atoms. The van der Waals surface area contributed by atoms with Crippen LogP contribution in [-0.4, -0.2) is 18.2 Å². The fourth-order valence-electron chi connectivity index (χ4n) is 2.53. The minimum absolute atomic E-state index is 0.177. The van der Waals surface area contributed by atoms with Gasteiger partial charge in [-0.1, -0.05) is 6.42 Å². The van der Waals surface area contributed by atoms with Crippen LogP contribution >= 0.6 is 15.9 Å². The van der Waals surface area contributed by atoms with Gasteiger partial charge in [0.05, 0.1) is 17.0 Å². The summed E-state index contributed by atoms with van der Waals surface area (Å²) in [5.41, 5.74) is -0.229. The number of carboxylic acids is 1. The highest BCUT2D eigenvalue weighted by atomic mass is 79.9. The number of hydrogen-bond donors (Lipinski definition) is 1. The number of halogens is 2. The molecule has 1 fully saturated rings. The molecule has 18 heavy (non-hydrogen) atoms. The van der Waals surface area contributed by atoms with E-state index in [4.69, 9.17) is 4.74 Å². The first-order valence-corrected chi connectivity index (χ1v) is 6.50. The molecular formula is C13H14BrFO3. The van der Waals surface area contributed by atoms with E-state index >= 15 is 0 Å². The van der Waals surface area contributed by atoms with Crippen molar-refractivity contribution in [2.75, 3.05) is 7.11 Å². The Labute approximate surface area is 113 Å². The summed E-state index contributed by atoms with van der Waals surface area (Å²) in [6.07, 6.45) is 1.69. The van der Waals surface area contributed by atoms with Gasteiger partial charge in [-0.3, -0.25) is 4.79 Å².